The molecule has 0 aliphatic heterocycles. The van der Waals surface area contributed by atoms with Crippen molar-refractivity contribution >= 4 is 15.9 Å². The average molecular weight is 404 g/mol. The predicted octanol–water partition coefficient (Wildman–Crippen LogP) is 1.90. The number of methoxy groups -OCH3 is 1. The van der Waals surface area contributed by atoms with E-state index < -0.39 is 26.6 Å². The molecule has 8 nitrogen and oxygen atoms in total. The molecule has 0 aliphatic carbocycles. The first kappa shape index (κ1) is 19.5. The lowest BCUT2D eigenvalue weighted by Crippen LogP contribution is -2.23. The van der Waals surface area contributed by atoms with Gasteiger partial charge >= 0.3 is 0 Å². The van der Waals surface area contributed by atoms with Gasteiger partial charge in [0.15, 0.2) is 0 Å². The molecule has 0 fully saturated rings. The Balaban J connectivity index is 1.74. The lowest BCUT2D eigenvalue weighted by Gasteiger charge is -2.07. The van der Waals surface area contributed by atoms with Crippen LogP contribution in [-0.2, 0) is 16.6 Å². The largest absolute Gasteiger partial charge is 0.480 e. The Bertz CT molecular complexity index is 1110. The van der Waals surface area contributed by atoms with E-state index in [4.69, 9.17) is 4.74 Å². The molecule has 1 N–H and O–H groups in total. The van der Waals surface area contributed by atoms with Crippen LogP contribution in [0.3, 0.4) is 0 Å². The Labute approximate surface area is 161 Å². The summed E-state index contributed by atoms with van der Waals surface area (Å²) in [4.78, 5) is 19.8. The molecule has 146 valence electrons. The number of nitrogens with one attached hydrogen (secondary N) is 1. The maximum atomic E-state index is 14.1. The molecule has 3 aromatic rings. The first-order chi connectivity index (χ1) is 13.3. The fourth-order valence-electron chi connectivity index (χ4n) is 2.40. The second-order valence-electron chi connectivity index (χ2n) is 5.90. The molecular weight excluding hydrogens is 387 g/mol. The molecule has 0 unspecified atom stereocenters. The molecular formula is C18H17FN4O4S. The smallest absolute Gasteiger partial charge is 0.270 e. The van der Waals surface area contributed by atoms with Crippen LogP contribution in [0.15, 0.2) is 53.9 Å². The quantitative estimate of drug-likeness (QED) is 0.673. The zero-order valence-corrected chi connectivity index (χ0v) is 15.9. The summed E-state index contributed by atoms with van der Waals surface area (Å²) < 4.78 is 45.0. The summed E-state index contributed by atoms with van der Waals surface area (Å²) in [5.41, 5.74) is 1.21. The predicted molar refractivity (Wildman–Crippen MR) is 97.9 cm³/mol. The topological polar surface area (TPSA) is 103 Å². The van der Waals surface area contributed by atoms with E-state index in [1.54, 1.807) is 6.92 Å². The highest BCUT2D eigenvalue weighted by Crippen LogP contribution is 2.20. The molecule has 2 aromatic heterocycles. The first-order valence-electron chi connectivity index (χ1n) is 8.14. The fraction of sp³-hybridized carbons (Fsp3) is 0.167. The van der Waals surface area contributed by atoms with Gasteiger partial charge in [0.25, 0.3) is 15.9 Å². The van der Waals surface area contributed by atoms with Crippen molar-refractivity contribution in [1.29, 1.82) is 0 Å². The number of aryl methyl sites for hydroxylation is 1. The summed E-state index contributed by atoms with van der Waals surface area (Å²) in [6, 6.07) is 5.17. The van der Waals surface area contributed by atoms with Crippen molar-refractivity contribution in [1.82, 2.24) is 19.3 Å². The number of hydrogen-bond donors (Lipinski definition) is 1. The van der Waals surface area contributed by atoms with Gasteiger partial charge in [0.1, 0.15) is 10.7 Å². The van der Waals surface area contributed by atoms with Gasteiger partial charge in [-0.05, 0) is 30.7 Å². The van der Waals surface area contributed by atoms with E-state index in [9.17, 15) is 17.6 Å². The van der Waals surface area contributed by atoms with Crippen molar-refractivity contribution in [2.45, 2.75) is 18.4 Å². The van der Waals surface area contributed by atoms with Gasteiger partial charge in [0.2, 0.25) is 5.88 Å². The number of aromatic nitrogens is 3. The molecule has 1 aromatic carbocycles. The van der Waals surface area contributed by atoms with Crippen LogP contribution in [0.25, 0.3) is 0 Å². The summed E-state index contributed by atoms with van der Waals surface area (Å²) in [7, 11) is -2.68. The third-order valence-corrected chi connectivity index (χ3v) is 5.56. The summed E-state index contributed by atoms with van der Waals surface area (Å²) >= 11 is 0. The SMILES string of the molecule is COc1cnc(CNC(=O)c2ccn(S(=O)(=O)c3ccc(C)cc3F)c2)cn1. The summed E-state index contributed by atoms with van der Waals surface area (Å²) in [5, 5.41) is 2.61. The van der Waals surface area contributed by atoms with Gasteiger partial charge in [0, 0.05) is 12.4 Å². The van der Waals surface area contributed by atoms with Gasteiger partial charge in [-0.2, -0.15) is 0 Å². The zero-order chi connectivity index (χ0) is 20.3. The van der Waals surface area contributed by atoms with Crippen LogP contribution >= 0.6 is 0 Å². The lowest BCUT2D eigenvalue weighted by atomic mass is 10.2. The molecule has 0 aliphatic rings. The van der Waals surface area contributed by atoms with E-state index in [2.05, 4.69) is 15.3 Å². The van der Waals surface area contributed by atoms with Crippen molar-refractivity contribution in [2.24, 2.45) is 0 Å². The number of benzene rings is 1. The van der Waals surface area contributed by atoms with Crippen molar-refractivity contribution in [3.05, 3.63) is 71.7 Å². The number of carbonyl (C=O) groups excluding carboxylic acids is 1. The van der Waals surface area contributed by atoms with Crippen LogP contribution in [0.1, 0.15) is 21.6 Å². The van der Waals surface area contributed by atoms with Gasteiger partial charge in [0.05, 0.1) is 37.3 Å². The normalized spacial score (nSPS) is 11.2. The van der Waals surface area contributed by atoms with Crippen LogP contribution in [0, 0.1) is 12.7 Å². The zero-order valence-electron chi connectivity index (χ0n) is 15.1. The standard InChI is InChI=1S/C18H17FN4O4S/c1-12-3-4-16(15(19)7-12)28(25,26)23-6-5-13(11-23)18(24)22-9-14-8-21-17(27-2)10-20-14/h3-8,10-11H,9H2,1-2H3,(H,22,24). The Hall–Kier alpha value is -3.27. The highest BCUT2D eigenvalue weighted by Gasteiger charge is 2.22. The maximum absolute atomic E-state index is 14.1. The van der Waals surface area contributed by atoms with E-state index in [1.165, 1.54) is 43.9 Å². The summed E-state index contributed by atoms with van der Waals surface area (Å²) in [6.07, 6.45) is 5.19. The second kappa shape index (κ2) is 7.77. The molecule has 0 bridgehead atoms. The van der Waals surface area contributed by atoms with Crippen LogP contribution in [0.2, 0.25) is 0 Å². The molecule has 3 rings (SSSR count). The van der Waals surface area contributed by atoms with Gasteiger partial charge in [-0.25, -0.2) is 21.8 Å². The van der Waals surface area contributed by atoms with Crippen LogP contribution < -0.4 is 10.1 Å². The minimum atomic E-state index is -4.15. The first-order valence-corrected chi connectivity index (χ1v) is 9.58. The molecule has 28 heavy (non-hydrogen) atoms. The number of hydrogen-bond acceptors (Lipinski definition) is 6. The Morgan fingerprint density at radius 2 is 2.04 bits per heavy atom. The van der Waals surface area contributed by atoms with E-state index in [0.717, 1.165) is 16.2 Å². The fourth-order valence-corrected chi connectivity index (χ4v) is 3.65. The molecule has 0 saturated carbocycles. The number of amides is 1. The van der Waals surface area contributed by atoms with Crippen LogP contribution in [0.4, 0.5) is 4.39 Å². The van der Waals surface area contributed by atoms with Crippen LogP contribution in [0.5, 0.6) is 5.88 Å². The second-order valence-corrected chi connectivity index (χ2v) is 7.71. The number of carbonyl (C=O) groups is 1. The molecule has 0 atom stereocenters. The number of nitrogens with zero attached hydrogens (tertiary/aromatic N) is 3. The maximum Gasteiger partial charge on any atom is 0.270 e. The highest BCUT2D eigenvalue weighted by molar-refractivity contribution is 7.90. The Morgan fingerprint density at radius 3 is 2.68 bits per heavy atom. The minimum Gasteiger partial charge on any atom is -0.480 e. The minimum absolute atomic E-state index is 0.0976. The van der Waals surface area contributed by atoms with Crippen molar-refractivity contribution in [3.63, 3.8) is 0 Å². The molecule has 2 heterocycles. The molecule has 0 saturated heterocycles. The van der Waals surface area contributed by atoms with Crippen molar-refractivity contribution in [3.8, 4) is 5.88 Å². The lowest BCUT2D eigenvalue weighted by molar-refractivity contribution is 0.0950. The van der Waals surface area contributed by atoms with Gasteiger partial charge in [-0.15, -0.1) is 0 Å². The molecule has 1 amide bonds. The van der Waals surface area contributed by atoms with Crippen LogP contribution in [-0.4, -0.2) is 35.4 Å². The third kappa shape index (κ3) is 4.01. The number of halogens is 1. The Kier molecular flexibility index (Phi) is 5.41. The van der Waals surface area contributed by atoms with Gasteiger partial charge in [-0.3, -0.25) is 9.78 Å². The average Bonchev–Trinajstić information content (AvgIpc) is 3.17. The van der Waals surface area contributed by atoms with E-state index in [-0.39, 0.29) is 12.1 Å². The van der Waals surface area contributed by atoms with Gasteiger partial charge in [-0.1, -0.05) is 6.07 Å². The number of rotatable bonds is 6. The highest BCUT2D eigenvalue weighted by atomic mass is 32.2. The van der Waals surface area contributed by atoms with Crippen molar-refractivity contribution in [2.75, 3.05) is 7.11 Å². The third-order valence-electron chi connectivity index (χ3n) is 3.89. The number of ether oxygens (including phenoxy) is 1. The van der Waals surface area contributed by atoms with E-state index in [1.807, 2.05) is 0 Å². The summed E-state index contributed by atoms with van der Waals surface area (Å²) in [5.74, 6) is -1.01. The van der Waals surface area contributed by atoms with Gasteiger partial charge < -0.3 is 10.1 Å². The molecule has 0 radical (unpaired) electrons. The Morgan fingerprint density at radius 1 is 1.25 bits per heavy atom. The monoisotopic (exact) mass is 404 g/mol. The van der Waals surface area contributed by atoms with Crippen molar-refractivity contribution < 1.29 is 22.3 Å². The molecule has 10 heteroatoms. The molecule has 0 spiro atoms. The summed E-state index contributed by atoms with van der Waals surface area (Å²) in [6.45, 7) is 1.76. The van der Waals surface area contributed by atoms with E-state index >= 15 is 0 Å². The van der Waals surface area contributed by atoms with E-state index in [0.29, 0.717) is 17.1 Å².